The minimum atomic E-state index is -0.757. The van der Waals surface area contributed by atoms with Crippen LogP contribution < -0.4 is 0 Å². The fourth-order valence-corrected chi connectivity index (χ4v) is 7.38. The van der Waals surface area contributed by atoms with E-state index >= 15 is 0 Å². The van der Waals surface area contributed by atoms with E-state index in [1.54, 1.807) is 0 Å². The van der Waals surface area contributed by atoms with Gasteiger partial charge in [-0.25, -0.2) is 0 Å². The maximum atomic E-state index is 12.7. The third-order valence-electron chi connectivity index (χ3n) is 11.1. The van der Waals surface area contributed by atoms with Crippen LogP contribution in [0.1, 0.15) is 278 Å². The molecule has 6 heteroatoms. The Bertz CT molecular complexity index is 813. The second-order valence-electron chi connectivity index (χ2n) is 16.7. The van der Waals surface area contributed by atoms with E-state index in [1.165, 1.54) is 173 Å². The summed E-state index contributed by atoms with van der Waals surface area (Å²) in [5, 5.41) is 0. The topological polar surface area (TPSA) is 78.9 Å². The summed E-state index contributed by atoms with van der Waals surface area (Å²) in [5.41, 5.74) is 0. The van der Waals surface area contributed by atoms with Crippen molar-refractivity contribution in [3.8, 4) is 0 Å². The molecular formula is C49H94O6. The van der Waals surface area contributed by atoms with E-state index in [4.69, 9.17) is 14.2 Å². The molecule has 55 heavy (non-hydrogen) atoms. The van der Waals surface area contributed by atoms with Crippen molar-refractivity contribution in [2.45, 2.75) is 284 Å². The fourth-order valence-electron chi connectivity index (χ4n) is 7.38. The van der Waals surface area contributed by atoms with Crippen LogP contribution in [0.2, 0.25) is 0 Å². The van der Waals surface area contributed by atoms with Crippen molar-refractivity contribution in [2.24, 2.45) is 0 Å². The lowest BCUT2D eigenvalue weighted by Gasteiger charge is -2.18. The molecule has 0 aromatic heterocycles. The highest BCUT2D eigenvalue weighted by Gasteiger charge is 2.19. The maximum Gasteiger partial charge on any atom is 0.306 e. The van der Waals surface area contributed by atoms with Crippen molar-refractivity contribution in [1.82, 2.24) is 0 Å². The number of hydrogen-bond acceptors (Lipinski definition) is 6. The summed E-state index contributed by atoms with van der Waals surface area (Å²) >= 11 is 0. The van der Waals surface area contributed by atoms with Gasteiger partial charge in [-0.1, -0.05) is 239 Å². The predicted octanol–water partition coefficient (Wildman–Crippen LogP) is 15.6. The van der Waals surface area contributed by atoms with E-state index in [-0.39, 0.29) is 31.1 Å². The molecule has 0 aliphatic heterocycles. The minimum Gasteiger partial charge on any atom is -0.462 e. The van der Waals surface area contributed by atoms with Crippen LogP contribution >= 0.6 is 0 Å². The molecule has 0 fully saturated rings. The summed E-state index contributed by atoms with van der Waals surface area (Å²) in [6, 6.07) is 0. The van der Waals surface area contributed by atoms with Crippen molar-refractivity contribution >= 4 is 17.9 Å². The van der Waals surface area contributed by atoms with Gasteiger partial charge in [0.25, 0.3) is 0 Å². The first-order valence-electron chi connectivity index (χ1n) is 24.5. The molecule has 0 radical (unpaired) electrons. The molecular weight excluding hydrogens is 685 g/mol. The number of hydrogen-bond donors (Lipinski definition) is 0. The molecule has 326 valence electrons. The summed E-state index contributed by atoms with van der Waals surface area (Å²) in [5.74, 6) is -0.861. The number of carbonyl (C=O) groups is 3. The first-order valence-corrected chi connectivity index (χ1v) is 24.5. The molecule has 0 saturated carbocycles. The van der Waals surface area contributed by atoms with Crippen LogP contribution in [0.4, 0.5) is 0 Å². The summed E-state index contributed by atoms with van der Waals surface area (Å²) in [6.07, 6.45) is 46.9. The summed E-state index contributed by atoms with van der Waals surface area (Å²) in [4.78, 5) is 37.5. The van der Waals surface area contributed by atoms with E-state index in [0.717, 1.165) is 64.2 Å². The van der Waals surface area contributed by atoms with Gasteiger partial charge in [0, 0.05) is 19.3 Å². The Hall–Kier alpha value is -1.59. The summed E-state index contributed by atoms with van der Waals surface area (Å²) < 4.78 is 16.6. The van der Waals surface area contributed by atoms with Gasteiger partial charge in [-0.2, -0.15) is 0 Å². The van der Waals surface area contributed by atoms with E-state index in [0.29, 0.717) is 19.3 Å². The normalized spacial score (nSPS) is 11.8. The second-order valence-corrected chi connectivity index (χ2v) is 16.7. The monoisotopic (exact) mass is 779 g/mol. The molecule has 0 amide bonds. The standard InChI is InChI=1S/C49H94O6/c1-4-7-10-13-15-17-19-21-23-24-25-26-28-29-31-33-36-39-42-48(51)54-45-46(44-53-47(50)41-38-35-12-9-6-3)55-49(52)43-40-37-34-32-30-27-22-20-18-16-14-11-8-5-2/h46H,4-45H2,1-3H3/t46-/m0/s1. The van der Waals surface area contributed by atoms with Gasteiger partial charge in [-0.05, 0) is 19.3 Å². The van der Waals surface area contributed by atoms with Crippen molar-refractivity contribution < 1.29 is 28.6 Å². The highest BCUT2D eigenvalue weighted by atomic mass is 16.6. The molecule has 0 saturated heterocycles. The van der Waals surface area contributed by atoms with E-state index in [2.05, 4.69) is 20.8 Å². The molecule has 0 bridgehead atoms. The number of esters is 3. The highest BCUT2D eigenvalue weighted by Crippen LogP contribution is 2.16. The van der Waals surface area contributed by atoms with E-state index < -0.39 is 6.10 Å². The van der Waals surface area contributed by atoms with Crippen molar-refractivity contribution in [1.29, 1.82) is 0 Å². The van der Waals surface area contributed by atoms with Crippen molar-refractivity contribution in [3.05, 3.63) is 0 Å². The first kappa shape index (κ1) is 53.4. The van der Waals surface area contributed by atoms with Crippen LogP contribution in [0, 0.1) is 0 Å². The lowest BCUT2D eigenvalue weighted by Crippen LogP contribution is -2.30. The van der Waals surface area contributed by atoms with Crippen LogP contribution in [0.5, 0.6) is 0 Å². The van der Waals surface area contributed by atoms with Crippen LogP contribution in [0.25, 0.3) is 0 Å². The SMILES string of the molecule is CCCCCCCCCCCCCCCCCCCCC(=O)OC[C@H](COC(=O)CCCCCCC)OC(=O)CCCCCCCCCCCCCCCC. The Morgan fingerprint density at radius 2 is 0.491 bits per heavy atom. The highest BCUT2D eigenvalue weighted by molar-refractivity contribution is 5.71. The van der Waals surface area contributed by atoms with Crippen molar-refractivity contribution in [3.63, 3.8) is 0 Å². The third-order valence-corrected chi connectivity index (χ3v) is 11.1. The lowest BCUT2D eigenvalue weighted by molar-refractivity contribution is -0.167. The van der Waals surface area contributed by atoms with Gasteiger partial charge in [-0.3, -0.25) is 14.4 Å². The predicted molar refractivity (Wildman–Crippen MR) is 233 cm³/mol. The van der Waals surface area contributed by atoms with Crippen LogP contribution in [0.15, 0.2) is 0 Å². The molecule has 0 spiro atoms. The lowest BCUT2D eigenvalue weighted by atomic mass is 10.0. The third kappa shape index (κ3) is 43.4. The molecule has 6 nitrogen and oxygen atoms in total. The van der Waals surface area contributed by atoms with Gasteiger partial charge < -0.3 is 14.2 Å². The first-order chi connectivity index (χ1) is 27.0. The second kappa shape index (κ2) is 45.1. The molecule has 0 aromatic carbocycles. The smallest absolute Gasteiger partial charge is 0.306 e. The van der Waals surface area contributed by atoms with Gasteiger partial charge in [0.15, 0.2) is 6.10 Å². The quantitative estimate of drug-likeness (QED) is 0.0348. The summed E-state index contributed by atoms with van der Waals surface area (Å²) in [6.45, 7) is 6.59. The van der Waals surface area contributed by atoms with Gasteiger partial charge in [0.2, 0.25) is 0 Å². The molecule has 0 rings (SSSR count). The van der Waals surface area contributed by atoms with Gasteiger partial charge >= 0.3 is 17.9 Å². The average Bonchev–Trinajstić information content (AvgIpc) is 3.18. The van der Waals surface area contributed by atoms with Crippen LogP contribution in [-0.4, -0.2) is 37.2 Å². The maximum absolute atomic E-state index is 12.7. The van der Waals surface area contributed by atoms with E-state index in [1.807, 2.05) is 0 Å². The molecule has 0 aliphatic carbocycles. The van der Waals surface area contributed by atoms with Gasteiger partial charge in [0.05, 0.1) is 0 Å². The molecule has 0 aromatic rings. The Balaban J connectivity index is 4.11. The number of unbranched alkanes of at least 4 members (excludes halogenated alkanes) is 34. The summed E-state index contributed by atoms with van der Waals surface area (Å²) in [7, 11) is 0. The Kier molecular flexibility index (Phi) is 43.8. The zero-order valence-electron chi connectivity index (χ0n) is 37.2. The Labute approximate surface area is 342 Å². The number of carbonyl (C=O) groups excluding carboxylic acids is 3. The number of rotatable bonds is 45. The zero-order valence-corrected chi connectivity index (χ0v) is 37.2. The molecule has 0 unspecified atom stereocenters. The average molecular weight is 779 g/mol. The largest absolute Gasteiger partial charge is 0.462 e. The van der Waals surface area contributed by atoms with E-state index in [9.17, 15) is 14.4 Å². The zero-order chi connectivity index (χ0) is 40.1. The van der Waals surface area contributed by atoms with Gasteiger partial charge in [0.1, 0.15) is 13.2 Å². The minimum absolute atomic E-state index is 0.0634. The Morgan fingerprint density at radius 3 is 0.727 bits per heavy atom. The molecule has 0 N–H and O–H groups in total. The molecule has 0 heterocycles. The van der Waals surface area contributed by atoms with Crippen LogP contribution in [0.3, 0.4) is 0 Å². The number of ether oxygens (including phenoxy) is 3. The van der Waals surface area contributed by atoms with Crippen molar-refractivity contribution in [2.75, 3.05) is 13.2 Å². The molecule has 1 atom stereocenters. The Morgan fingerprint density at radius 1 is 0.291 bits per heavy atom. The molecule has 0 aliphatic rings. The fraction of sp³-hybridized carbons (Fsp3) is 0.939. The van der Waals surface area contributed by atoms with Crippen LogP contribution in [-0.2, 0) is 28.6 Å². The van der Waals surface area contributed by atoms with Gasteiger partial charge in [-0.15, -0.1) is 0 Å².